The van der Waals surface area contributed by atoms with Gasteiger partial charge in [-0.3, -0.25) is 4.79 Å². The van der Waals surface area contributed by atoms with E-state index in [0.717, 1.165) is 23.0 Å². The summed E-state index contributed by atoms with van der Waals surface area (Å²) in [5.41, 5.74) is 4.59. The highest BCUT2D eigenvalue weighted by molar-refractivity contribution is 6.07. The van der Waals surface area contributed by atoms with Crippen LogP contribution in [0.2, 0.25) is 0 Å². The highest BCUT2D eigenvalue weighted by Crippen LogP contribution is 2.24. The third kappa shape index (κ3) is 5.31. The van der Waals surface area contributed by atoms with E-state index in [0.29, 0.717) is 30.8 Å². The SMILES string of the molecule is CN(C)CCN(Cc1ccc(C#N)cc1)C(=O)c1cn(Cc2ccccc2)c2ccccc12. The monoisotopic (exact) mass is 436 g/mol. The molecule has 1 aromatic heterocycles. The van der Waals surface area contributed by atoms with Crippen LogP contribution in [0.25, 0.3) is 10.9 Å². The van der Waals surface area contributed by atoms with Gasteiger partial charge in [-0.1, -0.05) is 60.7 Å². The van der Waals surface area contributed by atoms with Crippen molar-refractivity contribution in [2.75, 3.05) is 27.2 Å². The summed E-state index contributed by atoms with van der Waals surface area (Å²) in [6.07, 6.45) is 1.99. The Morgan fingerprint density at radius 1 is 0.879 bits per heavy atom. The average molecular weight is 437 g/mol. The third-order valence-corrected chi connectivity index (χ3v) is 5.78. The first-order valence-electron chi connectivity index (χ1n) is 11.1. The minimum atomic E-state index is 0.0178. The van der Waals surface area contributed by atoms with Crippen molar-refractivity contribution in [3.63, 3.8) is 0 Å². The van der Waals surface area contributed by atoms with Gasteiger partial charge in [0.05, 0.1) is 17.2 Å². The predicted molar refractivity (Wildman–Crippen MR) is 132 cm³/mol. The molecule has 0 atom stereocenters. The van der Waals surface area contributed by atoms with E-state index in [1.807, 2.05) is 73.7 Å². The molecule has 5 heteroatoms. The first kappa shape index (κ1) is 22.3. The van der Waals surface area contributed by atoms with Crippen LogP contribution in [0.5, 0.6) is 0 Å². The zero-order chi connectivity index (χ0) is 23.2. The molecule has 0 N–H and O–H groups in total. The number of hydrogen-bond acceptors (Lipinski definition) is 3. The number of rotatable bonds is 8. The maximum Gasteiger partial charge on any atom is 0.256 e. The van der Waals surface area contributed by atoms with Gasteiger partial charge in [0.2, 0.25) is 0 Å². The van der Waals surface area contributed by atoms with Crippen LogP contribution in [-0.4, -0.2) is 47.5 Å². The first-order chi connectivity index (χ1) is 16.0. The minimum absolute atomic E-state index is 0.0178. The number of para-hydroxylation sites is 1. The highest BCUT2D eigenvalue weighted by atomic mass is 16.2. The number of hydrogen-bond donors (Lipinski definition) is 0. The molecule has 0 aliphatic rings. The van der Waals surface area contributed by atoms with Gasteiger partial charge < -0.3 is 14.4 Å². The Balaban J connectivity index is 1.67. The van der Waals surface area contributed by atoms with Crippen molar-refractivity contribution in [1.29, 1.82) is 5.26 Å². The number of carbonyl (C=O) groups is 1. The smallest absolute Gasteiger partial charge is 0.256 e. The Labute approximate surface area is 195 Å². The molecule has 0 saturated carbocycles. The van der Waals surface area contributed by atoms with E-state index in [4.69, 9.17) is 5.26 Å². The Hall–Kier alpha value is -3.88. The van der Waals surface area contributed by atoms with Crippen molar-refractivity contribution in [3.8, 4) is 6.07 Å². The predicted octanol–water partition coefficient (Wildman–Crippen LogP) is 4.77. The van der Waals surface area contributed by atoms with E-state index in [1.165, 1.54) is 5.56 Å². The van der Waals surface area contributed by atoms with Crippen molar-refractivity contribution in [3.05, 3.63) is 107 Å². The number of aromatic nitrogens is 1. The largest absolute Gasteiger partial charge is 0.342 e. The molecule has 3 aromatic carbocycles. The van der Waals surface area contributed by atoms with E-state index < -0.39 is 0 Å². The number of nitrogens with zero attached hydrogens (tertiary/aromatic N) is 4. The molecule has 0 fully saturated rings. The second-order valence-electron chi connectivity index (χ2n) is 8.51. The molecule has 0 aliphatic heterocycles. The third-order valence-electron chi connectivity index (χ3n) is 5.78. The van der Waals surface area contributed by atoms with Gasteiger partial charge in [0.15, 0.2) is 0 Å². The maximum atomic E-state index is 13.8. The lowest BCUT2D eigenvalue weighted by Crippen LogP contribution is -2.36. The standard InChI is InChI=1S/C28H28N4O/c1-30(2)16-17-31(19-24-14-12-22(18-29)13-15-24)28(33)26-21-32(20-23-8-4-3-5-9-23)27-11-7-6-10-25(26)27/h3-15,21H,16-17,19-20H2,1-2H3. The van der Waals surface area contributed by atoms with Crippen molar-refractivity contribution in [1.82, 2.24) is 14.4 Å². The first-order valence-corrected chi connectivity index (χ1v) is 11.1. The summed E-state index contributed by atoms with van der Waals surface area (Å²) in [4.78, 5) is 17.8. The van der Waals surface area contributed by atoms with Gasteiger partial charge in [-0.2, -0.15) is 5.26 Å². The lowest BCUT2D eigenvalue weighted by atomic mass is 10.1. The molecule has 0 bridgehead atoms. The molecule has 0 spiro atoms. The lowest BCUT2D eigenvalue weighted by molar-refractivity contribution is 0.0733. The van der Waals surface area contributed by atoms with Crippen LogP contribution in [0.3, 0.4) is 0 Å². The summed E-state index contributed by atoms with van der Waals surface area (Å²) in [5.74, 6) is 0.0178. The summed E-state index contributed by atoms with van der Waals surface area (Å²) in [6.45, 7) is 2.59. The van der Waals surface area contributed by atoms with Crippen LogP contribution < -0.4 is 0 Å². The topological polar surface area (TPSA) is 52.3 Å². The van der Waals surface area contributed by atoms with E-state index in [-0.39, 0.29) is 5.91 Å². The van der Waals surface area contributed by atoms with Gasteiger partial charge >= 0.3 is 0 Å². The molecule has 5 nitrogen and oxygen atoms in total. The van der Waals surface area contributed by atoms with E-state index in [1.54, 1.807) is 12.1 Å². The summed E-state index contributed by atoms with van der Waals surface area (Å²) in [5, 5.41) is 10.0. The van der Waals surface area contributed by atoms with Crippen LogP contribution in [0.1, 0.15) is 27.0 Å². The number of nitriles is 1. The van der Waals surface area contributed by atoms with Crippen LogP contribution >= 0.6 is 0 Å². The van der Waals surface area contributed by atoms with Gasteiger partial charge in [-0.05, 0) is 43.4 Å². The fourth-order valence-corrected chi connectivity index (χ4v) is 3.98. The number of fused-ring (bicyclic) bond motifs is 1. The van der Waals surface area contributed by atoms with E-state index >= 15 is 0 Å². The summed E-state index contributed by atoms with van der Waals surface area (Å²) in [6, 6.07) is 28.0. The number of likely N-dealkylation sites (N-methyl/N-ethyl adjacent to an activating group) is 1. The molecule has 0 aliphatic carbocycles. The maximum absolute atomic E-state index is 13.8. The molecule has 1 heterocycles. The number of benzene rings is 3. The van der Waals surface area contributed by atoms with Gasteiger partial charge in [-0.15, -0.1) is 0 Å². The molecule has 4 aromatic rings. The normalized spacial score (nSPS) is 11.0. The number of amides is 1. The Morgan fingerprint density at radius 3 is 2.27 bits per heavy atom. The Morgan fingerprint density at radius 2 is 1.58 bits per heavy atom. The highest BCUT2D eigenvalue weighted by Gasteiger charge is 2.21. The molecule has 0 radical (unpaired) electrons. The van der Waals surface area contributed by atoms with Crippen molar-refractivity contribution < 1.29 is 4.79 Å². The van der Waals surface area contributed by atoms with Gasteiger partial charge in [0.1, 0.15) is 0 Å². The van der Waals surface area contributed by atoms with E-state index in [9.17, 15) is 4.79 Å². The summed E-state index contributed by atoms with van der Waals surface area (Å²) >= 11 is 0. The van der Waals surface area contributed by atoms with Gasteiger partial charge in [0, 0.05) is 43.3 Å². The molecular weight excluding hydrogens is 408 g/mol. The van der Waals surface area contributed by atoms with E-state index in [2.05, 4.69) is 33.7 Å². The molecule has 0 saturated heterocycles. The van der Waals surface area contributed by atoms with Crippen LogP contribution in [-0.2, 0) is 13.1 Å². The van der Waals surface area contributed by atoms with Crippen LogP contribution in [0, 0.1) is 11.3 Å². The Bertz CT molecular complexity index is 1270. The average Bonchev–Trinajstić information content (AvgIpc) is 3.20. The molecule has 1 amide bonds. The second kappa shape index (κ2) is 10.2. The van der Waals surface area contributed by atoms with Gasteiger partial charge in [-0.25, -0.2) is 0 Å². The quantitative estimate of drug-likeness (QED) is 0.400. The lowest BCUT2D eigenvalue weighted by Gasteiger charge is -2.24. The second-order valence-corrected chi connectivity index (χ2v) is 8.51. The molecule has 166 valence electrons. The minimum Gasteiger partial charge on any atom is -0.342 e. The van der Waals surface area contributed by atoms with Crippen molar-refractivity contribution in [2.24, 2.45) is 0 Å². The number of carbonyl (C=O) groups excluding carboxylic acids is 1. The van der Waals surface area contributed by atoms with Crippen LogP contribution in [0.4, 0.5) is 0 Å². The Kier molecular flexibility index (Phi) is 6.87. The molecule has 33 heavy (non-hydrogen) atoms. The summed E-state index contributed by atoms with van der Waals surface area (Å²) < 4.78 is 2.16. The van der Waals surface area contributed by atoms with Gasteiger partial charge in [0.25, 0.3) is 5.91 Å². The zero-order valence-corrected chi connectivity index (χ0v) is 19.1. The molecule has 0 unspecified atom stereocenters. The fourth-order valence-electron chi connectivity index (χ4n) is 3.98. The van der Waals surface area contributed by atoms with Crippen LogP contribution in [0.15, 0.2) is 85.1 Å². The zero-order valence-electron chi connectivity index (χ0n) is 19.1. The van der Waals surface area contributed by atoms with Crippen molar-refractivity contribution in [2.45, 2.75) is 13.1 Å². The van der Waals surface area contributed by atoms with Crippen molar-refractivity contribution >= 4 is 16.8 Å². The molecule has 4 rings (SSSR count). The fraction of sp³-hybridized carbons (Fsp3) is 0.214. The molecular formula is C28H28N4O. The summed E-state index contributed by atoms with van der Waals surface area (Å²) in [7, 11) is 4.02.